The van der Waals surface area contributed by atoms with Crippen LogP contribution in [0, 0.1) is 0 Å². The fourth-order valence-electron chi connectivity index (χ4n) is 2.53. The summed E-state index contributed by atoms with van der Waals surface area (Å²) >= 11 is 3.46. The first-order chi connectivity index (χ1) is 10.1. The second kappa shape index (κ2) is 15.5. The van der Waals surface area contributed by atoms with Crippen molar-refractivity contribution >= 4 is 23.5 Å². The van der Waals surface area contributed by atoms with Crippen molar-refractivity contribution in [2.75, 3.05) is 11.5 Å². The summed E-state index contributed by atoms with van der Waals surface area (Å²) < 4.78 is 10.7. The number of hydrogen-bond acceptors (Lipinski definition) is 1. The normalized spacial score (nSPS) is 12.0. The van der Waals surface area contributed by atoms with Crippen molar-refractivity contribution in [2.45, 2.75) is 89.9 Å². The molecule has 0 fully saturated rings. The lowest BCUT2D eigenvalue weighted by Crippen LogP contribution is -1.88. The first-order valence-corrected chi connectivity index (χ1v) is 11.6. The maximum Gasteiger partial charge on any atom is 0.325 e. The van der Waals surface area contributed by atoms with Crippen LogP contribution in [0.1, 0.15) is 89.9 Å². The van der Waals surface area contributed by atoms with Crippen LogP contribution in [0.3, 0.4) is 0 Å². The minimum atomic E-state index is -3.75. The summed E-state index contributed by atoms with van der Waals surface area (Å²) in [7, 11) is -3.75. The fourth-order valence-corrected chi connectivity index (χ4v) is 3.57. The van der Waals surface area contributed by atoms with Gasteiger partial charge in [0.05, 0.1) is 0 Å². The topological polar surface area (TPSA) is 57.5 Å². The molecule has 0 heterocycles. The summed E-state index contributed by atoms with van der Waals surface area (Å²) in [5.41, 5.74) is 0. The average Bonchev–Trinajstić information content (AvgIpc) is 2.42. The summed E-state index contributed by atoms with van der Waals surface area (Å²) in [6, 6.07) is 0. The molecule has 0 bridgehead atoms. The van der Waals surface area contributed by atoms with Gasteiger partial charge in [0.1, 0.15) is 0 Å². The molecule has 0 aliphatic heterocycles. The van der Waals surface area contributed by atoms with Gasteiger partial charge < -0.3 is 9.79 Å². The summed E-state index contributed by atoms with van der Waals surface area (Å²) in [6.07, 6.45) is 17.6. The van der Waals surface area contributed by atoms with Crippen molar-refractivity contribution < 1.29 is 14.4 Å². The van der Waals surface area contributed by atoms with Crippen LogP contribution < -0.4 is 0 Å². The second-order valence-electron chi connectivity index (χ2n) is 6.03. The Morgan fingerprint density at radius 2 is 0.857 bits per heavy atom. The van der Waals surface area contributed by atoms with Crippen molar-refractivity contribution in [2.24, 2.45) is 0 Å². The largest absolute Gasteiger partial charge is 0.325 e. The lowest BCUT2D eigenvalue weighted by molar-refractivity contribution is 0.370. The van der Waals surface area contributed by atoms with Crippen molar-refractivity contribution in [1.82, 2.24) is 0 Å². The first-order valence-electron chi connectivity index (χ1n) is 8.67. The molecule has 0 atom stereocenters. The molecular weight excluding hydrogens is 351 g/mol. The Morgan fingerprint density at radius 3 is 1.14 bits per heavy atom. The van der Waals surface area contributed by atoms with Gasteiger partial charge in [-0.25, -0.2) is 0 Å². The molecule has 0 aromatic rings. The second-order valence-corrected chi connectivity index (χ2v) is 8.60. The van der Waals surface area contributed by atoms with E-state index in [1.165, 1.54) is 70.6 Å². The van der Waals surface area contributed by atoms with E-state index >= 15 is 0 Å². The lowest BCUT2D eigenvalue weighted by atomic mass is 10.0. The predicted molar refractivity (Wildman–Crippen MR) is 95.3 cm³/mol. The Kier molecular flexibility index (Phi) is 16.0. The van der Waals surface area contributed by atoms with E-state index < -0.39 is 7.60 Å². The maximum absolute atomic E-state index is 10.7. The highest BCUT2D eigenvalue weighted by atomic mass is 79.9. The molecule has 5 heteroatoms. The standard InChI is InChI=1S/C16H34BrO3P/c17-15-13-11-9-7-5-3-1-2-4-6-8-10-12-14-16-21(18,19)20/h1-16H2,(H2,18,19,20). The molecule has 0 aliphatic rings. The molecule has 0 aliphatic carbocycles. The monoisotopic (exact) mass is 384 g/mol. The van der Waals surface area contributed by atoms with Crippen LogP contribution in [0.15, 0.2) is 0 Å². The van der Waals surface area contributed by atoms with E-state index in [9.17, 15) is 4.57 Å². The van der Waals surface area contributed by atoms with E-state index in [1.54, 1.807) is 0 Å². The van der Waals surface area contributed by atoms with Gasteiger partial charge in [0.2, 0.25) is 0 Å². The van der Waals surface area contributed by atoms with Gasteiger partial charge in [-0.3, -0.25) is 4.57 Å². The molecule has 0 spiro atoms. The Balaban J connectivity index is 3.01. The molecular formula is C16H34BrO3P. The van der Waals surface area contributed by atoms with Crippen LogP contribution in [-0.2, 0) is 4.57 Å². The molecule has 0 aromatic heterocycles. The number of unbranched alkanes of at least 4 members (excludes halogenated alkanes) is 13. The summed E-state index contributed by atoms with van der Waals surface area (Å²) in [4.78, 5) is 17.5. The van der Waals surface area contributed by atoms with Crippen LogP contribution >= 0.6 is 23.5 Å². The van der Waals surface area contributed by atoms with Gasteiger partial charge in [0.15, 0.2) is 0 Å². The Bertz CT molecular complexity index is 256. The van der Waals surface area contributed by atoms with E-state index in [0.717, 1.165) is 18.2 Å². The minimum absolute atomic E-state index is 0.0582. The zero-order valence-electron chi connectivity index (χ0n) is 13.4. The van der Waals surface area contributed by atoms with Crippen molar-refractivity contribution in [3.8, 4) is 0 Å². The van der Waals surface area contributed by atoms with Crippen molar-refractivity contribution in [3.63, 3.8) is 0 Å². The van der Waals surface area contributed by atoms with Crippen LogP contribution in [0.5, 0.6) is 0 Å². The minimum Gasteiger partial charge on any atom is -0.324 e. The number of alkyl halides is 1. The number of hydrogen-bond donors (Lipinski definition) is 2. The van der Waals surface area contributed by atoms with Gasteiger partial charge >= 0.3 is 7.60 Å². The lowest BCUT2D eigenvalue weighted by Gasteiger charge is -2.04. The summed E-state index contributed by atoms with van der Waals surface area (Å²) in [5, 5.41) is 1.15. The Hall–Kier alpha value is 0.630. The van der Waals surface area contributed by atoms with E-state index in [2.05, 4.69) is 15.9 Å². The molecule has 3 nitrogen and oxygen atoms in total. The van der Waals surface area contributed by atoms with Crippen molar-refractivity contribution in [3.05, 3.63) is 0 Å². The molecule has 2 N–H and O–H groups in total. The molecule has 0 rings (SSSR count). The molecule has 0 saturated carbocycles. The zero-order valence-corrected chi connectivity index (χ0v) is 15.9. The van der Waals surface area contributed by atoms with Gasteiger partial charge in [0.25, 0.3) is 0 Å². The fraction of sp³-hybridized carbons (Fsp3) is 1.00. The molecule has 0 radical (unpaired) electrons. The quantitative estimate of drug-likeness (QED) is 0.194. The Morgan fingerprint density at radius 1 is 0.571 bits per heavy atom. The summed E-state index contributed by atoms with van der Waals surface area (Å²) in [5.74, 6) is 0. The SMILES string of the molecule is O=P(O)(O)CCCCCCCCCCCCCCCCBr. The third-order valence-corrected chi connectivity index (χ3v) is 5.29. The highest BCUT2D eigenvalue weighted by molar-refractivity contribution is 9.09. The third kappa shape index (κ3) is 20.6. The average molecular weight is 385 g/mol. The van der Waals surface area contributed by atoms with Crippen LogP contribution in [0.25, 0.3) is 0 Å². The van der Waals surface area contributed by atoms with Gasteiger partial charge in [-0.05, 0) is 12.8 Å². The first kappa shape index (κ1) is 21.6. The maximum atomic E-state index is 10.7. The predicted octanol–water partition coefficient (Wildman–Crippen LogP) is 6.02. The molecule has 21 heavy (non-hydrogen) atoms. The smallest absolute Gasteiger partial charge is 0.324 e. The van der Waals surface area contributed by atoms with Gasteiger partial charge in [-0.15, -0.1) is 0 Å². The third-order valence-electron chi connectivity index (χ3n) is 3.83. The van der Waals surface area contributed by atoms with E-state index in [1.807, 2.05) is 0 Å². The van der Waals surface area contributed by atoms with Crippen molar-refractivity contribution in [1.29, 1.82) is 0 Å². The molecule has 0 unspecified atom stereocenters. The molecule has 0 saturated heterocycles. The zero-order chi connectivity index (χ0) is 15.8. The molecule has 0 aromatic carbocycles. The van der Waals surface area contributed by atoms with Crippen LogP contribution in [0.4, 0.5) is 0 Å². The van der Waals surface area contributed by atoms with Crippen LogP contribution in [0.2, 0.25) is 0 Å². The highest BCUT2D eigenvalue weighted by Gasteiger charge is 2.10. The highest BCUT2D eigenvalue weighted by Crippen LogP contribution is 2.35. The van der Waals surface area contributed by atoms with E-state index in [-0.39, 0.29) is 6.16 Å². The van der Waals surface area contributed by atoms with Gasteiger partial charge in [0, 0.05) is 11.5 Å². The number of halogens is 1. The van der Waals surface area contributed by atoms with E-state index in [0.29, 0.717) is 6.42 Å². The van der Waals surface area contributed by atoms with E-state index in [4.69, 9.17) is 9.79 Å². The number of rotatable bonds is 16. The van der Waals surface area contributed by atoms with Crippen LogP contribution in [-0.4, -0.2) is 21.3 Å². The molecule has 128 valence electrons. The van der Waals surface area contributed by atoms with Gasteiger partial charge in [-0.1, -0.05) is 93.0 Å². The Labute approximate surface area is 139 Å². The van der Waals surface area contributed by atoms with Gasteiger partial charge in [-0.2, -0.15) is 0 Å². The summed E-state index contributed by atoms with van der Waals surface area (Å²) in [6.45, 7) is 0. The molecule has 0 amide bonds.